The summed E-state index contributed by atoms with van der Waals surface area (Å²) in [5.74, 6) is 0.978. The third-order valence-electron chi connectivity index (χ3n) is 6.54. The fraction of sp³-hybridized carbons (Fsp3) is 0.143. The number of para-hydroxylation sites is 1. The van der Waals surface area contributed by atoms with Gasteiger partial charge in [0.1, 0.15) is 5.58 Å². The number of fused-ring (bicyclic) bond motifs is 4. The minimum Gasteiger partial charge on any atom is -0.422 e. The molecule has 0 bridgehead atoms. The van der Waals surface area contributed by atoms with E-state index in [4.69, 9.17) is 4.42 Å². The largest absolute Gasteiger partial charge is 0.422 e. The van der Waals surface area contributed by atoms with Crippen molar-refractivity contribution in [2.45, 2.75) is 31.3 Å². The molecule has 6 rings (SSSR count). The van der Waals surface area contributed by atoms with Gasteiger partial charge in [-0.1, -0.05) is 66.4 Å². The highest BCUT2D eigenvalue weighted by Gasteiger charge is 2.18. The predicted octanol–water partition coefficient (Wildman–Crippen LogP) is 5.11. The molecule has 8 heteroatoms. The Morgan fingerprint density at radius 2 is 1.67 bits per heavy atom. The summed E-state index contributed by atoms with van der Waals surface area (Å²) in [6, 6.07) is 22.9. The van der Waals surface area contributed by atoms with Crippen LogP contribution in [0.4, 0.5) is 0 Å². The van der Waals surface area contributed by atoms with Gasteiger partial charge in [0.05, 0.1) is 17.4 Å². The number of hydrogen-bond acceptors (Lipinski definition) is 6. The van der Waals surface area contributed by atoms with E-state index >= 15 is 0 Å². The second-order valence-corrected chi connectivity index (χ2v) is 9.72. The maximum absolute atomic E-state index is 13.4. The van der Waals surface area contributed by atoms with Crippen LogP contribution in [0.2, 0.25) is 0 Å². The molecule has 36 heavy (non-hydrogen) atoms. The van der Waals surface area contributed by atoms with Crippen LogP contribution in [0.25, 0.3) is 27.6 Å². The third kappa shape index (κ3) is 3.70. The number of benzene rings is 3. The first-order valence-corrected chi connectivity index (χ1v) is 12.6. The smallest absolute Gasteiger partial charge is 0.336 e. The SMILES string of the molecule is Cc1ccc2c(CSc3nnc4n(Cc5ccccc5)c(=O)c5ccccc5n34)cc(=O)oc2c1C. The van der Waals surface area contributed by atoms with Crippen LogP contribution in [0.1, 0.15) is 22.3 Å². The first-order chi connectivity index (χ1) is 17.5. The average molecular weight is 495 g/mol. The summed E-state index contributed by atoms with van der Waals surface area (Å²) in [5.41, 5.74) is 4.78. The van der Waals surface area contributed by atoms with Crippen LogP contribution in [-0.4, -0.2) is 19.2 Å². The van der Waals surface area contributed by atoms with Gasteiger partial charge in [-0.15, -0.1) is 10.2 Å². The monoisotopic (exact) mass is 494 g/mol. The molecule has 0 atom stereocenters. The highest BCUT2D eigenvalue weighted by molar-refractivity contribution is 7.98. The Morgan fingerprint density at radius 3 is 2.50 bits per heavy atom. The van der Waals surface area contributed by atoms with E-state index in [9.17, 15) is 9.59 Å². The molecule has 0 radical (unpaired) electrons. The minimum atomic E-state index is -0.375. The molecule has 0 unspecified atom stereocenters. The van der Waals surface area contributed by atoms with Gasteiger partial charge in [0.15, 0.2) is 5.16 Å². The lowest BCUT2D eigenvalue weighted by atomic mass is 10.0. The van der Waals surface area contributed by atoms with E-state index < -0.39 is 0 Å². The molecular formula is C28H22N4O3S. The van der Waals surface area contributed by atoms with Gasteiger partial charge < -0.3 is 4.42 Å². The maximum Gasteiger partial charge on any atom is 0.336 e. The van der Waals surface area contributed by atoms with Crippen LogP contribution in [-0.2, 0) is 12.3 Å². The highest BCUT2D eigenvalue weighted by atomic mass is 32.2. The summed E-state index contributed by atoms with van der Waals surface area (Å²) in [6.07, 6.45) is 0. The minimum absolute atomic E-state index is 0.108. The zero-order valence-corrected chi connectivity index (χ0v) is 20.6. The van der Waals surface area contributed by atoms with Gasteiger partial charge in [-0.2, -0.15) is 0 Å². The molecule has 0 saturated carbocycles. The van der Waals surface area contributed by atoms with Gasteiger partial charge in [-0.05, 0) is 48.2 Å². The second kappa shape index (κ2) is 8.80. The van der Waals surface area contributed by atoms with Crippen molar-refractivity contribution in [1.82, 2.24) is 19.2 Å². The van der Waals surface area contributed by atoms with E-state index in [2.05, 4.69) is 10.2 Å². The first kappa shape index (κ1) is 22.3. The zero-order valence-electron chi connectivity index (χ0n) is 19.8. The van der Waals surface area contributed by atoms with Gasteiger partial charge in [0.25, 0.3) is 5.56 Å². The van der Waals surface area contributed by atoms with Crippen molar-refractivity contribution >= 4 is 39.4 Å². The molecule has 178 valence electrons. The van der Waals surface area contributed by atoms with E-state index in [-0.39, 0.29) is 11.2 Å². The number of rotatable bonds is 5. The summed E-state index contributed by atoms with van der Waals surface area (Å²) in [6.45, 7) is 4.35. The quantitative estimate of drug-likeness (QED) is 0.245. The van der Waals surface area contributed by atoms with Crippen molar-refractivity contribution in [3.8, 4) is 0 Å². The Kier molecular flexibility index (Phi) is 5.45. The number of aromatic nitrogens is 4. The Hall–Kier alpha value is -4.17. The standard InChI is InChI=1S/C28H22N4O3S/c1-17-12-13-21-20(14-24(33)35-25(21)18(17)2)16-36-28-30-29-27-31(15-19-8-4-3-5-9-19)26(34)22-10-6-7-11-23(22)32(27)28/h3-14H,15-16H2,1-2H3. The van der Waals surface area contributed by atoms with Gasteiger partial charge in [-0.25, -0.2) is 4.79 Å². The second-order valence-electron chi connectivity index (χ2n) is 8.78. The summed E-state index contributed by atoms with van der Waals surface area (Å²) in [5, 5.41) is 11.0. The van der Waals surface area contributed by atoms with Crippen LogP contribution in [0.5, 0.6) is 0 Å². The maximum atomic E-state index is 13.4. The topological polar surface area (TPSA) is 82.4 Å². The fourth-order valence-corrected chi connectivity index (χ4v) is 5.45. The fourth-order valence-electron chi connectivity index (χ4n) is 4.52. The van der Waals surface area contributed by atoms with E-state index in [1.165, 1.54) is 17.8 Å². The van der Waals surface area contributed by atoms with Gasteiger partial charge in [-0.3, -0.25) is 13.8 Å². The Morgan fingerprint density at radius 1 is 0.889 bits per heavy atom. The third-order valence-corrected chi connectivity index (χ3v) is 7.51. The molecule has 0 saturated heterocycles. The van der Waals surface area contributed by atoms with Crippen molar-refractivity contribution in [3.63, 3.8) is 0 Å². The number of aryl methyl sites for hydroxylation is 2. The molecule has 6 aromatic rings. The molecule has 0 fully saturated rings. The summed E-state index contributed by atoms with van der Waals surface area (Å²) >= 11 is 1.47. The lowest BCUT2D eigenvalue weighted by Gasteiger charge is -2.12. The first-order valence-electron chi connectivity index (χ1n) is 11.6. The summed E-state index contributed by atoms with van der Waals surface area (Å²) in [4.78, 5) is 25.7. The molecule has 0 spiro atoms. The van der Waals surface area contributed by atoms with Crippen LogP contribution in [0.3, 0.4) is 0 Å². The molecule has 0 aliphatic rings. The Balaban J connectivity index is 1.48. The molecule has 0 amide bonds. The van der Waals surface area contributed by atoms with Gasteiger partial charge in [0, 0.05) is 17.2 Å². The molecule has 3 aromatic carbocycles. The Bertz CT molecular complexity index is 1890. The van der Waals surface area contributed by atoms with Crippen LogP contribution < -0.4 is 11.2 Å². The predicted molar refractivity (Wildman–Crippen MR) is 142 cm³/mol. The highest BCUT2D eigenvalue weighted by Crippen LogP contribution is 2.29. The number of hydrogen-bond donors (Lipinski definition) is 0. The molecule has 3 aromatic heterocycles. The van der Waals surface area contributed by atoms with Crippen molar-refractivity contribution in [2.75, 3.05) is 0 Å². The van der Waals surface area contributed by atoms with E-state index in [1.807, 2.05) is 85.0 Å². The van der Waals surface area contributed by atoms with Crippen LogP contribution in [0, 0.1) is 13.8 Å². The number of thioether (sulfide) groups is 1. The van der Waals surface area contributed by atoms with Gasteiger partial charge in [0.2, 0.25) is 5.78 Å². The zero-order chi connectivity index (χ0) is 24.8. The molecule has 0 aliphatic heterocycles. The average Bonchev–Trinajstić information content (AvgIpc) is 3.32. The molecule has 3 heterocycles. The van der Waals surface area contributed by atoms with E-state index in [1.54, 1.807) is 4.57 Å². The van der Waals surface area contributed by atoms with Crippen molar-refractivity contribution in [2.24, 2.45) is 0 Å². The summed E-state index contributed by atoms with van der Waals surface area (Å²) < 4.78 is 9.11. The molecule has 7 nitrogen and oxygen atoms in total. The summed E-state index contributed by atoms with van der Waals surface area (Å²) in [7, 11) is 0. The lowest BCUT2D eigenvalue weighted by Crippen LogP contribution is -2.24. The van der Waals surface area contributed by atoms with Crippen LogP contribution >= 0.6 is 11.8 Å². The van der Waals surface area contributed by atoms with Crippen molar-refractivity contribution < 1.29 is 4.42 Å². The van der Waals surface area contributed by atoms with E-state index in [0.717, 1.165) is 33.2 Å². The van der Waals surface area contributed by atoms with Crippen molar-refractivity contribution in [3.05, 3.63) is 116 Å². The van der Waals surface area contributed by atoms with Crippen LogP contribution in [0.15, 0.2) is 92.0 Å². The molecule has 0 aliphatic carbocycles. The number of nitrogens with zero attached hydrogens (tertiary/aromatic N) is 4. The van der Waals surface area contributed by atoms with Gasteiger partial charge >= 0.3 is 5.63 Å². The molecular weight excluding hydrogens is 472 g/mol. The van der Waals surface area contributed by atoms with Crippen molar-refractivity contribution in [1.29, 1.82) is 0 Å². The van der Waals surface area contributed by atoms with E-state index in [0.29, 0.717) is 34.2 Å². The normalized spacial score (nSPS) is 11.6. The Labute approximate surface area is 210 Å². The lowest BCUT2D eigenvalue weighted by molar-refractivity contribution is 0.557. The molecule has 0 N–H and O–H groups in total.